The molecule has 2 heterocycles. The second kappa shape index (κ2) is 8.29. The van der Waals surface area contributed by atoms with Gasteiger partial charge in [0.25, 0.3) is 0 Å². The van der Waals surface area contributed by atoms with Crippen molar-refractivity contribution in [2.24, 2.45) is 0 Å². The Morgan fingerprint density at radius 1 is 1.15 bits per heavy atom. The van der Waals surface area contributed by atoms with E-state index in [4.69, 9.17) is 0 Å². The second-order valence-electron chi connectivity index (χ2n) is 5.70. The van der Waals surface area contributed by atoms with Crippen LogP contribution in [0.1, 0.15) is 17.3 Å². The lowest BCUT2D eigenvalue weighted by atomic mass is 10.2. The predicted molar refractivity (Wildman–Crippen MR) is 101 cm³/mol. The van der Waals surface area contributed by atoms with Gasteiger partial charge in [0.05, 0.1) is 10.6 Å². The Hall–Kier alpha value is -2.45. The van der Waals surface area contributed by atoms with Crippen molar-refractivity contribution in [2.75, 3.05) is 12.3 Å². The van der Waals surface area contributed by atoms with Crippen molar-refractivity contribution in [1.82, 2.24) is 15.1 Å². The lowest BCUT2D eigenvalue weighted by molar-refractivity contribution is -0.120. The van der Waals surface area contributed by atoms with Gasteiger partial charge in [-0.3, -0.25) is 9.48 Å². The molecule has 0 bridgehead atoms. The Bertz CT molecular complexity index is 887. The third-order valence-corrected chi connectivity index (χ3v) is 6.61. The summed E-state index contributed by atoms with van der Waals surface area (Å²) in [6.07, 6.45) is 3.46. The summed E-state index contributed by atoms with van der Waals surface area (Å²) in [6, 6.07) is 13.8. The first-order valence-corrected chi connectivity index (χ1v) is 10.7. The van der Waals surface area contributed by atoms with Gasteiger partial charge in [-0.05, 0) is 29.6 Å². The number of aromatic nitrogens is 2. The molecule has 0 saturated heterocycles. The van der Waals surface area contributed by atoms with E-state index >= 15 is 0 Å². The van der Waals surface area contributed by atoms with E-state index < -0.39 is 9.84 Å². The van der Waals surface area contributed by atoms with E-state index in [0.717, 1.165) is 4.88 Å². The summed E-state index contributed by atoms with van der Waals surface area (Å²) in [5, 5.41) is 9.05. The van der Waals surface area contributed by atoms with Gasteiger partial charge in [-0.15, -0.1) is 11.3 Å². The molecule has 26 heavy (non-hydrogen) atoms. The average Bonchev–Trinajstić information content (AvgIpc) is 3.36. The van der Waals surface area contributed by atoms with Crippen molar-refractivity contribution in [3.63, 3.8) is 0 Å². The summed E-state index contributed by atoms with van der Waals surface area (Å²) in [5.74, 6) is -0.507. The normalized spacial score (nSPS) is 12.6. The van der Waals surface area contributed by atoms with Crippen molar-refractivity contribution in [3.05, 3.63) is 71.2 Å². The van der Waals surface area contributed by atoms with Crippen molar-refractivity contribution in [2.45, 2.75) is 17.4 Å². The van der Waals surface area contributed by atoms with E-state index in [2.05, 4.69) is 10.4 Å². The Labute approximate surface area is 156 Å². The van der Waals surface area contributed by atoms with Crippen LogP contribution in [0, 0.1) is 0 Å². The fraction of sp³-hybridized carbons (Fsp3) is 0.222. The zero-order valence-electron chi connectivity index (χ0n) is 14.0. The lowest BCUT2D eigenvalue weighted by Crippen LogP contribution is -2.32. The van der Waals surface area contributed by atoms with Gasteiger partial charge in [0.15, 0.2) is 9.84 Å². The third-order valence-electron chi connectivity index (χ3n) is 3.91. The largest absolute Gasteiger partial charge is 0.354 e. The highest BCUT2D eigenvalue weighted by molar-refractivity contribution is 7.91. The smallest absolute Gasteiger partial charge is 0.221 e. The van der Waals surface area contributed by atoms with Crippen LogP contribution >= 0.6 is 11.3 Å². The van der Waals surface area contributed by atoms with E-state index in [9.17, 15) is 13.2 Å². The minimum Gasteiger partial charge on any atom is -0.354 e. The number of benzene rings is 1. The van der Waals surface area contributed by atoms with Crippen LogP contribution in [0.4, 0.5) is 0 Å². The fourth-order valence-corrected chi connectivity index (χ4v) is 4.62. The van der Waals surface area contributed by atoms with Crippen LogP contribution in [0.5, 0.6) is 0 Å². The molecule has 0 radical (unpaired) electrons. The summed E-state index contributed by atoms with van der Waals surface area (Å²) >= 11 is 1.59. The fourth-order valence-electron chi connectivity index (χ4n) is 2.54. The molecule has 136 valence electrons. The maximum absolute atomic E-state index is 12.3. The molecule has 1 N–H and O–H groups in total. The molecule has 0 aliphatic rings. The molecular formula is C18H19N3O3S2. The highest BCUT2D eigenvalue weighted by Gasteiger charge is 2.19. The van der Waals surface area contributed by atoms with Crippen LogP contribution in [-0.2, 0) is 14.6 Å². The Kier molecular flexibility index (Phi) is 5.85. The van der Waals surface area contributed by atoms with Crippen LogP contribution < -0.4 is 5.32 Å². The van der Waals surface area contributed by atoms with E-state index in [1.807, 2.05) is 29.8 Å². The van der Waals surface area contributed by atoms with Crippen molar-refractivity contribution < 1.29 is 13.2 Å². The van der Waals surface area contributed by atoms with Crippen LogP contribution in [0.2, 0.25) is 0 Å². The maximum atomic E-state index is 12.3. The van der Waals surface area contributed by atoms with Gasteiger partial charge in [-0.2, -0.15) is 5.10 Å². The van der Waals surface area contributed by atoms with Gasteiger partial charge >= 0.3 is 0 Å². The Morgan fingerprint density at radius 2 is 1.96 bits per heavy atom. The molecule has 1 atom stereocenters. The van der Waals surface area contributed by atoms with E-state index in [1.165, 1.54) is 12.1 Å². The average molecular weight is 390 g/mol. The molecule has 0 unspecified atom stereocenters. The van der Waals surface area contributed by atoms with Gasteiger partial charge in [-0.1, -0.05) is 24.3 Å². The summed E-state index contributed by atoms with van der Waals surface area (Å²) in [6.45, 7) is 0.354. The quantitative estimate of drug-likeness (QED) is 0.642. The second-order valence-corrected chi connectivity index (χ2v) is 8.79. The summed E-state index contributed by atoms with van der Waals surface area (Å²) in [7, 11) is -3.46. The Balaban J connectivity index is 1.58. The first-order chi connectivity index (χ1) is 12.6. The number of hydrogen-bond acceptors (Lipinski definition) is 5. The number of carbonyl (C=O) groups excluding carboxylic acids is 1. The minimum absolute atomic E-state index is 0.0759. The highest BCUT2D eigenvalue weighted by atomic mass is 32.2. The number of thiophene rings is 1. The molecule has 2 aromatic heterocycles. The summed E-state index contributed by atoms with van der Waals surface area (Å²) < 4.78 is 26.3. The SMILES string of the molecule is O=C(CCS(=O)(=O)c1ccccc1)NC[C@@H](c1cccs1)n1cccn1. The molecule has 0 fully saturated rings. The van der Waals surface area contributed by atoms with Crippen LogP contribution in [0.3, 0.4) is 0 Å². The van der Waals surface area contributed by atoms with Crippen molar-refractivity contribution in [1.29, 1.82) is 0 Å². The summed E-state index contributed by atoms with van der Waals surface area (Å²) in [5.41, 5.74) is 0. The topological polar surface area (TPSA) is 81.1 Å². The zero-order chi connectivity index (χ0) is 18.4. The molecule has 0 aliphatic carbocycles. The number of nitrogens with one attached hydrogen (secondary N) is 1. The van der Waals surface area contributed by atoms with Crippen LogP contribution in [-0.4, -0.2) is 36.4 Å². The van der Waals surface area contributed by atoms with Gasteiger partial charge in [0, 0.05) is 30.2 Å². The Morgan fingerprint density at radius 3 is 2.62 bits per heavy atom. The van der Waals surface area contributed by atoms with Crippen LogP contribution in [0.15, 0.2) is 71.2 Å². The molecule has 6 nitrogen and oxygen atoms in total. The zero-order valence-corrected chi connectivity index (χ0v) is 15.6. The molecular weight excluding hydrogens is 370 g/mol. The molecule has 1 amide bonds. The predicted octanol–water partition coefficient (Wildman–Crippen LogP) is 2.51. The number of amides is 1. The summed E-state index contributed by atoms with van der Waals surface area (Å²) in [4.78, 5) is 13.5. The molecule has 3 aromatic rings. The minimum atomic E-state index is -3.46. The molecule has 0 spiro atoms. The number of sulfone groups is 1. The molecule has 3 rings (SSSR count). The van der Waals surface area contributed by atoms with E-state index in [1.54, 1.807) is 40.4 Å². The van der Waals surface area contributed by atoms with Crippen molar-refractivity contribution in [3.8, 4) is 0 Å². The standard InChI is InChI=1S/C18H19N3O3S2/c22-18(9-13-26(23,24)15-6-2-1-3-7-15)19-14-16(17-8-4-12-25-17)21-11-5-10-20-21/h1-8,10-12,16H,9,13-14H2,(H,19,22)/t16-/m0/s1. The van der Waals surface area contributed by atoms with E-state index in [0.29, 0.717) is 6.54 Å². The monoisotopic (exact) mass is 389 g/mol. The molecule has 0 aliphatic heterocycles. The lowest BCUT2D eigenvalue weighted by Gasteiger charge is -2.17. The molecule has 0 saturated carbocycles. The van der Waals surface area contributed by atoms with E-state index in [-0.39, 0.29) is 29.0 Å². The number of carbonyl (C=O) groups is 1. The van der Waals surface area contributed by atoms with Crippen LogP contribution in [0.25, 0.3) is 0 Å². The number of nitrogens with zero attached hydrogens (tertiary/aromatic N) is 2. The number of hydrogen-bond donors (Lipinski definition) is 1. The first kappa shape index (κ1) is 18.3. The third kappa shape index (κ3) is 4.59. The maximum Gasteiger partial charge on any atom is 0.221 e. The van der Waals surface area contributed by atoms with Gasteiger partial charge in [0.2, 0.25) is 5.91 Å². The first-order valence-electron chi connectivity index (χ1n) is 8.13. The van der Waals surface area contributed by atoms with Crippen molar-refractivity contribution >= 4 is 27.1 Å². The number of rotatable bonds is 8. The molecule has 1 aromatic carbocycles. The van der Waals surface area contributed by atoms with Gasteiger partial charge in [-0.25, -0.2) is 8.42 Å². The molecule has 8 heteroatoms. The van der Waals surface area contributed by atoms with Gasteiger partial charge in [0.1, 0.15) is 6.04 Å². The van der Waals surface area contributed by atoms with Gasteiger partial charge < -0.3 is 5.32 Å². The highest BCUT2D eigenvalue weighted by Crippen LogP contribution is 2.22.